The number of primary sulfonamides is 2. The summed E-state index contributed by atoms with van der Waals surface area (Å²) in [4.78, 5) is 70.0. The molecular formula is C87H97ClN14O13S6. The highest BCUT2D eigenvalue weighted by Gasteiger charge is 2.28. The number of carboxylic acid groups (broad SMARTS) is 1. The molecule has 12 aromatic rings. The Morgan fingerprint density at radius 1 is 0.413 bits per heavy atom. The second kappa shape index (κ2) is 46.0. The van der Waals surface area contributed by atoms with E-state index < -0.39 is 26.0 Å². The second-order valence-electron chi connectivity index (χ2n) is 27.5. The third-order valence-electron chi connectivity index (χ3n) is 18.4. The molecule has 0 spiro atoms. The standard InChI is InChI=1S/C23H28N4O4S2.C23H25N3O4S.C22H24ClN3O2S.C19H20N4O3S2/c1-3-5-15-27(22(28)18-7-11-19(12-8-18)31-16-6-4-2)23-26-25-21(32-23)17-9-13-20(14-10-17)33(24,29)30;1-3-4-14-26(22(29)18-6-5-7-19(15-18)30-2)23-25-24-21(31-23)17-11-8-16(9-12-17)10-13-20(27)28;1-5-6-11-26(21(27)17-9-7-8-10-18(17)23)22-25-24-20(29-22)16-12-14(2)19(28-4)15(3)13-16;1-2-3-13-23(18(24)15-7-5-4-6-8-15)19-22-21-17(27-19)14-9-11-16(12-10-14)28(20,25)26/h7-14H,3-6,15-16H2,1-2H3,(H2,24,29,30);5-9,11-12,15H,3-4,10,13-14H2,1-2H3,(H,27,28);7-10,12-13H,5-6,11H2,1-4H3;4-12H,2-3,13H2,1H3,(H2,20,25,26). The van der Waals surface area contributed by atoms with Crippen LogP contribution in [0.25, 0.3) is 42.3 Å². The van der Waals surface area contributed by atoms with Crippen LogP contribution in [0.4, 0.5) is 20.5 Å². The highest BCUT2D eigenvalue weighted by atomic mass is 35.5. The average molecular weight is 1770 g/mol. The third-order valence-corrected chi connectivity index (χ3v) is 24.6. The van der Waals surface area contributed by atoms with Gasteiger partial charge in [0.2, 0.25) is 40.6 Å². The zero-order valence-electron chi connectivity index (χ0n) is 68.6. The van der Waals surface area contributed by atoms with Gasteiger partial charge in [0.25, 0.3) is 23.6 Å². The van der Waals surface area contributed by atoms with Gasteiger partial charge in [0.1, 0.15) is 37.3 Å². The SMILES string of the molecule is CCCCN(C(=O)c1cccc(OC)c1)c1nnc(-c2ccc(CCC(=O)O)cc2)s1.CCCCN(C(=O)c1ccccc1)c1nnc(-c2ccc(S(N)(=O)=O)cc2)s1.CCCCN(C(=O)c1ccccc1Cl)c1nnc(-c2cc(C)c(OC)c(C)c2)s1.CCCCOc1ccc(C(=O)N(CCCC)c2nnc(-c3ccc(S(N)(=O)=O)cc3)s2)cc1. The number of carboxylic acids is 1. The minimum atomic E-state index is -3.77. The topological polar surface area (TPSA) is 370 Å². The number of amides is 4. The molecule has 0 aliphatic rings. The van der Waals surface area contributed by atoms with Crippen molar-refractivity contribution < 1.29 is 60.1 Å². The van der Waals surface area contributed by atoms with Gasteiger partial charge in [0.15, 0.2) is 0 Å². The van der Waals surface area contributed by atoms with Gasteiger partial charge in [-0.25, -0.2) is 27.1 Å². The minimum absolute atomic E-state index is 0.0258. The van der Waals surface area contributed by atoms with Crippen LogP contribution in [0.15, 0.2) is 198 Å². The first-order chi connectivity index (χ1) is 58.2. The zero-order chi connectivity index (χ0) is 87.2. The highest BCUT2D eigenvalue weighted by Crippen LogP contribution is 2.38. The molecule has 0 aliphatic heterocycles. The Kier molecular flexibility index (Phi) is 35.7. The number of sulfonamides is 2. The van der Waals surface area contributed by atoms with Crippen molar-refractivity contribution in [3.8, 4) is 59.5 Å². The molecule has 0 unspecified atom stereocenters. The van der Waals surface area contributed by atoms with Crippen molar-refractivity contribution in [3.63, 3.8) is 0 Å². The number of halogens is 1. The van der Waals surface area contributed by atoms with E-state index in [1.807, 2.05) is 80.6 Å². The fourth-order valence-corrected chi connectivity index (χ4v) is 16.5. The first kappa shape index (κ1) is 93.7. The summed E-state index contributed by atoms with van der Waals surface area (Å²) in [6.45, 7) is 17.2. The van der Waals surface area contributed by atoms with E-state index in [1.54, 1.807) is 131 Å². The van der Waals surface area contributed by atoms with Gasteiger partial charge in [-0.1, -0.05) is 209 Å². The zero-order valence-corrected chi connectivity index (χ0v) is 74.3. The van der Waals surface area contributed by atoms with E-state index in [0.29, 0.717) is 119 Å². The molecule has 0 saturated heterocycles. The molecule has 5 N–H and O–H groups in total. The Bertz CT molecular complexity index is 5620. The van der Waals surface area contributed by atoms with Crippen molar-refractivity contribution in [2.45, 2.75) is 135 Å². The molecule has 34 heteroatoms. The number of benzene rings is 8. The van der Waals surface area contributed by atoms with E-state index in [9.17, 15) is 40.8 Å². The molecule has 4 aromatic heterocycles. The normalized spacial score (nSPS) is 11.0. The monoisotopic (exact) mass is 1770 g/mol. The molecule has 12 rings (SSSR count). The lowest BCUT2D eigenvalue weighted by Gasteiger charge is -2.19. The summed E-state index contributed by atoms with van der Waals surface area (Å²) in [5.74, 6) is 0.844. The van der Waals surface area contributed by atoms with Crippen LogP contribution < -0.4 is 44.1 Å². The maximum absolute atomic E-state index is 13.3. The second-order valence-corrected chi connectivity index (χ2v) is 34.8. The molecule has 121 heavy (non-hydrogen) atoms. The van der Waals surface area contributed by atoms with Crippen LogP contribution >= 0.6 is 56.9 Å². The molecule has 0 bridgehead atoms. The number of aliphatic carboxylic acids is 1. The van der Waals surface area contributed by atoms with Gasteiger partial charge in [-0.05, 0) is 172 Å². The number of nitrogens with zero attached hydrogens (tertiary/aromatic N) is 12. The smallest absolute Gasteiger partial charge is 0.303 e. The summed E-state index contributed by atoms with van der Waals surface area (Å²) in [6.07, 6.45) is 9.79. The van der Waals surface area contributed by atoms with Crippen LogP contribution in [0.1, 0.15) is 163 Å². The maximum Gasteiger partial charge on any atom is 0.303 e. The number of aromatic nitrogens is 8. The van der Waals surface area contributed by atoms with Gasteiger partial charge in [-0.2, -0.15) is 0 Å². The first-order valence-corrected chi connectivity index (χ1v) is 46.0. The Morgan fingerprint density at radius 3 is 1.19 bits per heavy atom. The Hall–Kier alpha value is -11.1. The fourth-order valence-electron chi connectivity index (χ4n) is 11.8. The van der Waals surface area contributed by atoms with E-state index in [1.165, 1.54) is 69.6 Å². The van der Waals surface area contributed by atoms with Crippen molar-refractivity contribution in [1.29, 1.82) is 0 Å². The van der Waals surface area contributed by atoms with Gasteiger partial charge < -0.3 is 19.3 Å². The van der Waals surface area contributed by atoms with Gasteiger partial charge in [-0.15, -0.1) is 40.8 Å². The van der Waals surface area contributed by atoms with Gasteiger partial charge >= 0.3 is 5.97 Å². The number of carbonyl (C=O) groups excluding carboxylic acids is 4. The number of hydrogen-bond donors (Lipinski definition) is 3. The number of nitrogens with two attached hydrogens (primary N) is 2. The molecule has 4 amide bonds. The van der Waals surface area contributed by atoms with Gasteiger partial charge in [0, 0.05) is 71.5 Å². The summed E-state index contributed by atoms with van der Waals surface area (Å²) < 4.78 is 62.1. The molecule has 0 aliphatic carbocycles. The lowest BCUT2D eigenvalue weighted by molar-refractivity contribution is -0.137. The van der Waals surface area contributed by atoms with Crippen LogP contribution in [0.3, 0.4) is 0 Å². The number of carbonyl (C=O) groups is 5. The van der Waals surface area contributed by atoms with Crippen molar-refractivity contribution in [1.82, 2.24) is 40.8 Å². The first-order valence-electron chi connectivity index (χ1n) is 39.2. The van der Waals surface area contributed by atoms with Gasteiger partial charge in [-0.3, -0.25) is 43.6 Å². The highest BCUT2D eigenvalue weighted by molar-refractivity contribution is 7.89. The van der Waals surface area contributed by atoms with Crippen LogP contribution in [-0.4, -0.2) is 139 Å². The summed E-state index contributed by atoms with van der Waals surface area (Å²) in [6, 6.07) is 54.2. The number of ether oxygens (including phenoxy) is 3. The molecule has 0 fully saturated rings. The maximum atomic E-state index is 13.3. The molecule has 8 aromatic carbocycles. The molecule has 0 radical (unpaired) electrons. The number of hydrogen-bond acceptors (Lipinski definition) is 24. The van der Waals surface area contributed by atoms with Crippen LogP contribution in [0, 0.1) is 13.8 Å². The van der Waals surface area contributed by atoms with Crippen LogP contribution in [-0.2, 0) is 31.3 Å². The van der Waals surface area contributed by atoms with E-state index in [4.69, 9.17) is 41.2 Å². The largest absolute Gasteiger partial charge is 0.497 e. The van der Waals surface area contributed by atoms with Crippen molar-refractivity contribution >= 4 is 127 Å². The number of aryl methyl sites for hydroxylation is 3. The van der Waals surface area contributed by atoms with Crippen LogP contribution in [0.5, 0.6) is 17.2 Å². The van der Waals surface area contributed by atoms with E-state index >= 15 is 0 Å². The molecule has 0 saturated carbocycles. The number of anilines is 4. The molecule has 4 heterocycles. The predicted octanol–water partition coefficient (Wildman–Crippen LogP) is 18.4. The summed E-state index contributed by atoms with van der Waals surface area (Å²) >= 11 is 11.6. The Morgan fingerprint density at radius 2 is 0.793 bits per heavy atom. The van der Waals surface area contributed by atoms with E-state index in [0.717, 1.165) is 109 Å². The quantitative estimate of drug-likeness (QED) is 0.0311. The summed E-state index contributed by atoms with van der Waals surface area (Å²) in [7, 11) is -4.27. The summed E-state index contributed by atoms with van der Waals surface area (Å²) in [5, 5.41) is 58.4. The summed E-state index contributed by atoms with van der Waals surface area (Å²) in [5.41, 5.74) is 8.42. The predicted molar refractivity (Wildman–Crippen MR) is 480 cm³/mol. The number of rotatable bonds is 35. The van der Waals surface area contributed by atoms with Crippen molar-refractivity contribution in [2.75, 3.05) is 66.6 Å². The fraction of sp³-hybridized carbons (Fsp3) is 0.299. The van der Waals surface area contributed by atoms with Gasteiger partial charge in [0.05, 0.1) is 41.2 Å². The molecular weight excluding hydrogens is 1680 g/mol. The Labute approximate surface area is 726 Å². The lowest BCUT2D eigenvalue weighted by Crippen LogP contribution is -2.32. The molecule has 27 nitrogen and oxygen atoms in total. The number of methoxy groups -OCH3 is 2. The minimum Gasteiger partial charge on any atom is -0.497 e. The average Bonchev–Trinajstić information content (AvgIpc) is 1.72. The molecule has 636 valence electrons. The van der Waals surface area contributed by atoms with E-state index in [2.05, 4.69) is 75.4 Å². The molecule has 0 atom stereocenters. The Balaban J connectivity index is 0.000000184. The van der Waals surface area contributed by atoms with Crippen LogP contribution in [0.2, 0.25) is 5.02 Å². The lowest BCUT2D eigenvalue weighted by atomic mass is 10.1. The third kappa shape index (κ3) is 26.7. The van der Waals surface area contributed by atoms with E-state index in [-0.39, 0.29) is 39.8 Å². The van der Waals surface area contributed by atoms with Crippen molar-refractivity contribution in [2.24, 2.45) is 10.3 Å². The van der Waals surface area contributed by atoms with Crippen molar-refractivity contribution in [3.05, 3.63) is 232 Å². The number of unbranched alkanes of at least 4 members (excludes halogenated alkanes) is 5.